The fourth-order valence-corrected chi connectivity index (χ4v) is 3.74. The number of nitrogens with one attached hydrogen (secondary N) is 1. The molecular weight excluding hydrogens is 421 g/mol. The normalized spacial score (nSPS) is 13.3. The molecule has 31 heavy (non-hydrogen) atoms. The number of para-hydroxylation sites is 1. The Morgan fingerprint density at radius 1 is 1.26 bits per heavy atom. The molecular formula is C21H26FN5O3S. The highest BCUT2D eigenvalue weighted by Crippen LogP contribution is 2.29. The molecule has 8 nitrogen and oxygen atoms in total. The summed E-state index contributed by atoms with van der Waals surface area (Å²) in [6.07, 6.45) is -0.528. The molecule has 2 aromatic heterocycles. The van der Waals surface area contributed by atoms with Crippen LogP contribution in [0.4, 0.5) is 10.2 Å². The highest BCUT2D eigenvalue weighted by atomic mass is 32.2. The Labute approximate surface area is 184 Å². The van der Waals surface area contributed by atoms with Gasteiger partial charge in [-0.15, -0.1) is 10.2 Å². The van der Waals surface area contributed by atoms with Crippen LogP contribution < -0.4 is 10.1 Å². The van der Waals surface area contributed by atoms with E-state index in [2.05, 4.69) is 34.5 Å². The number of rotatable bonds is 9. The summed E-state index contributed by atoms with van der Waals surface area (Å²) in [6, 6.07) is 7.88. The van der Waals surface area contributed by atoms with Crippen LogP contribution in [0.2, 0.25) is 0 Å². The number of nitrogens with zero attached hydrogens (tertiary/aromatic N) is 4. The second-order valence-corrected chi connectivity index (χ2v) is 8.92. The maximum atomic E-state index is 14.0. The van der Waals surface area contributed by atoms with E-state index >= 15 is 0 Å². The molecule has 1 amide bonds. The Morgan fingerprint density at radius 3 is 2.65 bits per heavy atom. The molecule has 0 saturated heterocycles. The number of ether oxygens (including phenoxy) is 1. The van der Waals surface area contributed by atoms with Gasteiger partial charge in [0.05, 0.1) is 5.25 Å². The first kappa shape index (κ1) is 22.8. The minimum Gasteiger partial charge on any atom is -0.480 e. The SMILES string of the molecule is Cc1cc(NC(=O)C(C)Sc2nnc(C(C)Oc3ccccc3F)n2CC(C)C)no1. The van der Waals surface area contributed by atoms with Crippen molar-refractivity contribution in [2.75, 3.05) is 5.32 Å². The quantitative estimate of drug-likeness (QED) is 0.478. The fourth-order valence-electron chi connectivity index (χ4n) is 2.87. The highest BCUT2D eigenvalue weighted by molar-refractivity contribution is 8.00. The van der Waals surface area contributed by atoms with Gasteiger partial charge in [-0.1, -0.05) is 42.9 Å². The zero-order chi connectivity index (χ0) is 22.5. The van der Waals surface area contributed by atoms with E-state index in [1.54, 1.807) is 45.0 Å². The van der Waals surface area contributed by atoms with Gasteiger partial charge in [-0.3, -0.25) is 4.79 Å². The van der Waals surface area contributed by atoms with Crippen LogP contribution in [0.25, 0.3) is 0 Å². The van der Waals surface area contributed by atoms with Crippen molar-refractivity contribution in [3.8, 4) is 5.75 Å². The molecule has 0 bridgehead atoms. The van der Waals surface area contributed by atoms with Crippen molar-refractivity contribution in [2.45, 2.75) is 57.7 Å². The molecule has 0 radical (unpaired) electrons. The molecule has 0 aliphatic heterocycles. The number of hydrogen-bond donors (Lipinski definition) is 1. The average Bonchev–Trinajstić information content (AvgIpc) is 3.29. The monoisotopic (exact) mass is 447 g/mol. The summed E-state index contributed by atoms with van der Waals surface area (Å²) in [4.78, 5) is 12.5. The van der Waals surface area contributed by atoms with Crippen LogP contribution >= 0.6 is 11.8 Å². The van der Waals surface area contributed by atoms with Crippen molar-refractivity contribution >= 4 is 23.5 Å². The number of hydrogen-bond acceptors (Lipinski definition) is 7. The first-order chi connectivity index (χ1) is 14.7. The molecule has 0 fully saturated rings. The molecule has 2 heterocycles. The second-order valence-electron chi connectivity index (χ2n) is 7.61. The number of anilines is 1. The number of aryl methyl sites for hydroxylation is 1. The Bertz CT molecular complexity index is 1040. The number of carbonyl (C=O) groups is 1. The first-order valence-electron chi connectivity index (χ1n) is 9.99. The van der Waals surface area contributed by atoms with Crippen LogP contribution in [-0.2, 0) is 11.3 Å². The van der Waals surface area contributed by atoms with E-state index in [4.69, 9.17) is 9.26 Å². The molecule has 1 aromatic carbocycles. The largest absolute Gasteiger partial charge is 0.480 e. The lowest BCUT2D eigenvalue weighted by atomic mass is 10.2. The number of carbonyl (C=O) groups excluding carboxylic acids is 1. The predicted molar refractivity (Wildman–Crippen MR) is 115 cm³/mol. The first-order valence-corrected chi connectivity index (χ1v) is 10.9. The third-order valence-electron chi connectivity index (χ3n) is 4.33. The Kier molecular flexibility index (Phi) is 7.32. The van der Waals surface area contributed by atoms with Gasteiger partial charge in [0, 0.05) is 12.6 Å². The van der Waals surface area contributed by atoms with Gasteiger partial charge < -0.3 is 19.1 Å². The van der Waals surface area contributed by atoms with Gasteiger partial charge in [0.25, 0.3) is 0 Å². The number of benzene rings is 1. The lowest BCUT2D eigenvalue weighted by molar-refractivity contribution is -0.115. The lowest BCUT2D eigenvalue weighted by Gasteiger charge is -2.18. The van der Waals surface area contributed by atoms with Crippen molar-refractivity contribution in [1.82, 2.24) is 19.9 Å². The van der Waals surface area contributed by atoms with Crippen molar-refractivity contribution < 1.29 is 18.4 Å². The summed E-state index contributed by atoms with van der Waals surface area (Å²) in [5, 5.41) is 15.2. The van der Waals surface area contributed by atoms with E-state index in [9.17, 15) is 9.18 Å². The zero-order valence-electron chi connectivity index (χ0n) is 18.1. The van der Waals surface area contributed by atoms with Gasteiger partial charge in [-0.25, -0.2) is 4.39 Å². The number of aromatic nitrogens is 4. The molecule has 2 atom stereocenters. The Morgan fingerprint density at radius 2 is 2.00 bits per heavy atom. The molecule has 2 unspecified atom stereocenters. The second kappa shape index (κ2) is 9.95. The van der Waals surface area contributed by atoms with Crippen molar-refractivity contribution in [3.05, 3.63) is 47.7 Å². The van der Waals surface area contributed by atoms with Crippen LogP contribution in [0, 0.1) is 18.7 Å². The molecule has 10 heteroatoms. The number of thioether (sulfide) groups is 1. The molecule has 0 saturated carbocycles. The van der Waals surface area contributed by atoms with Crippen LogP contribution in [0.5, 0.6) is 5.75 Å². The topological polar surface area (TPSA) is 95.1 Å². The maximum Gasteiger partial charge on any atom is 0.238 e. The molecule has 0 aliphatic carbocycles. The smallest absolute Gasteiger partial charge is 0.238 e. The maximum absolute atomic E-state index is 14.0. The number of halogens is 1. The van der Waals surface area contributed by atoms with Crippen LogP contribution in [0.15, 0.2) is 40.0 Å². The van der Waals surface area contributed by atoms with E-state index < -0.39 is 17.2 Å². The van der Waals surface area contributed by atoms with Gasteiger partial charge in [0.2, 0.25) is 5.91 Å². The molecule has 1 N–H and O–H groups in total. The minimum atomic E-state index is -0.528. The summed E-state index contributed by atoms with van der Waals surface area (Å²) >= 11 is 1.28. The van der Waals surface area contributed by atoms with Crippen LogP contribution in [0.1, 0.15) is 45.4 Å². The van der Waals surface area contributed by atoms with Crippen LogP contribution in [-0.4, -0.2) is 31.1 Å². The molecule has 0 aliphatic rings. The summed E-state index contributed by atoms with van der Waals surface area (Å²) < 4.78 is 26.7. The van der Waals surface area contributed by atoms with Crippen molar-refractivity contribution in [2.24, 2.45) is 5.92 Å². The van der Waals surface area contributed by atoms with Gasteiger partial charge in [0.1, 0.15) is 5.76 Å². The van der Waals surface area contributed by atoms with Gasteiger partial charge in [0.15, 0.2) is 34.5 Å². The van der Waals surface area contributed by atoms with E-state index in [1.807, 2.05) is 4.57 Å². The summed E-state index contributed by atoms with van der Waals surface area (Å²) in [5.74, 6) is 1.34. The summed E-state index contributed by atoms with van der Waals surface area (Å²) in [7, 11) is 0. The molecule has 0 spiro atoms. The third-order valence-corrected chi connectivity index (χ3v) is 5.41. The average molecular weight is 448 g/mol. The zero-order valence-corrected chi connectivity index (χ0v) is 18.9. The van der Waals surface area contributed by atoms with Gasteiger partial charge in [-0.2, -0.15) is 0 Å². The van der Waals surface area contributed by atoms with Crippen molar-refractivity contribution in [1.29, 1.82) is 0 Å². The fraction of sp³-hybridized carbons (Fsp3) is 0.429. The predicted octanol–water partition coefficient (Wildman–Crippen LogP) is 4.63. The molecule has 166 valence electrons. The minimum absolute atomic E-state index is 0.152. The Balaban J connectivity index is 1.76. The van der Waals surface area contributed by atoms with E-state index in [0.717, 1.165) is 0 Å². The standard InChI is InChI=1S/C21H26FN5O3S/c1-12(2)11-27-19(14(4)29-17-9-7-6-8-16(17)22)24-25-21(27)31-15(5)20(28)23-18-10-13(3)30-26-18/h6-10,12,14-15H,11H2,1-5H3,(H,23,26,28). The third kappa shape index (κ3) is 5.84. The lowest BCUT2D eigenvalue weighted by Crippen LogP contribution is -2.23. The molecule has 3 aromatic rings. The molecule has 3 rings (SSSR count). The van der Waals surface area contributed by atoms with Crippen molar-refractivity contribution in [3.63, 3.8) is 0 Å². The highest BCUT2D eigenvalue weighted by Gasteiger charge is 2.24. The summed E-state index contributed by atoms with van der Waals surface area (Å²) in [5.41, 5.74) is 0. The van der Waals surface area contributed by atoms with E-state index in [0.29, 0.717) is 35.0 Å². The Hall–Kier alpha value is -2.88. The van der Waals surface area contributed by atoms with E-state index in [-0.39, 0.29) is 11.7 Å². The van der Waals surface area contributed by atoms with Crippen LogP contribution in [0.3, 0.4) is 0 Å². The van der Waals surface area contributed by atoms with Gasteiger partial charge >= 0.3 is 0 Å². The van der Waals surface area contributed by atoms with Gasteiger partial charge in [-0.05, 0) is 38.8 Å². The van der Waals surface area contributed by atoms with E-state index in [1.165, 1.54) is 17.8 Å². The number of amides is 1. The summed E-state index contributed by atoms with van der Waals surface area (Å²) in [6.45, 7) is 10.1.